The normalized spacial score (nSPS) is 30.9. The van der Waals surface area contributed by atoms with Crippen molar-refractivity contribution in [1.29, 1.82) is 0 Å². The molecule has 2 rings (SSSR count). The second-order valence-corrected chi connectivity index (χ2v) is 6.38. The molecule has 84 valence electrons. The number of likely N-dealkylation sites (tertiary alicyclic amines) is 1. The van der Waals surface area contributed by atoms with Crippen molar-refractivity contribution in [3.05, 3.63) is 0 Å². The van der Waals surface area contributed by atoms with Gasteiger partial charge in [-0.1, -0.05) is 0 Å². The molecule has 5 nitrogen and oxygen atoms in total. The smallest absolute Gasteiger partial charge is 0.230 e. The molecular formula is C9H13NO4S. The maximum absolute atomic E-state index is 11.4. The number of hydrogen-bond acceptors (Lipinski definition) is 4. The predicted molar refractivity (Wildman–Crippen MR) is 53.0 cm³/mol. The van der Waals surface area contributed by atoms with Crippen LogP contribution < -0.4 is 0 Å². The van der Waals surface area contributed by atoms with E-state index in [1.807, 2.05) is 0 Å². The van der Waals surface area contributed by atoms with Crippen LogP contribution in [0, 0.1) is 0 Å². The Balaban J connectivity index is 2.11. The highest BCUT2D eigenvalue weighted by molar-refractivity contribution is 7.91. The standard InChI is InChI=1S/C9H13NO4S/c11-8-4-9(12)10(5-8)7-2-1-3-15(13,14)6-7/h7H,1-6H2. The summed E-state index contributed by atoms with van der Waals surface area (Å²) in [5.41, 5.74) is 0. The van der Waals surface area contributed by atoms with Gasteiger partial charge < -0.3 is 4.90 Å². The van der Waals surface area contributed by atoms with E-state index in [2.05, 4.69) is 0 Å². The molecule has 0 N–H and O–H groups in total. The molecule has 1 amide bonds. The first-order valence-corrected chi connectivity index (χ1v) is 6.82. The number of amides is 1. The molecule has 0 radical (unpaired) electrons. The predicted octanol–water partition coefficient (Wildman–Crippen LogP) is -0.635. The van der Waals surface area contributed by atoms with E-state index in [1.54, 1.807) is 0 Å². The zero-order chi connectivity index (χ0) is 11.1. The Morgan fingerprint density at radius 2 is 2.00 bits per heavy atom. The molecule has 0 spiro atoms. The van der Waals surface area contributed by atoms with Crippen LogP contribution in [0.15, 0.2) is 0 Å². The highest BCUT2D eigenvalue weighted by Crippen LogP contribution is 2.21. The minimum atomic E-state index is -3.02. The molecule has 15 heavy (non-hydrogen) atoms. The average Bonchev–Trinajstić information content (AvgIpc) is 2.43. The third-order valence-corrected chi connectivity index (χ3v) is 4.70. The molecule has 2 saturated heterocycles. The summed E-state index contributed by atoms with van der Waals surface area (Å²) in [6, 6.07) is -0.275. The van der Waals surface area contributed by atoms with Gasteiger partial charge in [0.05, 0.1) is 24.5 Å². The van der Waals surface area contributed by atoms with Gasteiger partial charge in [0, 0.05) is 6.04 Å². The van der Waals surface area contributed by atoms with E-state index in [1.165, 1.54) is 4.90 Å². The highest BCUT2D eigenvalue weighted by atomic mass is 32.2. The van der Waals surface area contributed by atoms with Gasteiger partial charge in [0.1, 0.15) is 0 Å². The Labute approximate surface area is 88.4 Å². The maximum atomic E-state index is 11.4. The molecule has 6 heteroatoms. The molecule has 0 aromatic heterocycles. The van der Waals surface area contributed by atoms with Crippen molar-refractivity contribution >= 4 is 21.5 Å². The number of nitrogens with zero attached hydrogens (tertiary/aromatic N) is 1. The lowest BCUT2D eigenvalue weighted by Crippen LogP contribution is -2.44. The van der Waals surface area contributed by atoms with Crippen molar-refractivity contribution in [1.82, 2.24) is 4.90 Å². The molecule has 0 aromatic carbocycles. The van der Waals surface area contributed by atoms with Crippen LogP contribution in [0.25, 0.3) is 0 Å². The van der Waals surface area contributed by atoms with E-state index in [0.29, 0.717) is 12.8 Å². The molecule has 2 heterocycles. The van der Waals surface area contributed by atoms with Gasteiger partial charge in [0.25, 0.3) is 0 Å². The van der Waals surface area contributed by atoms with Crippen molar-refractivity contribution < 1.29 is 18.0 Å². The topological polar surface area (TPSA) is 71.5 Å². The van der Waals surface area contributed by atoms with Gasteiger partial charge in [-0.3, -0.25) is 9.59 Å². The molecule has 2 fully saturated rings. The minimum absolute atomic E-state index is 0.0199. The maximum Gasteiger partial charge on any atom is 0.230 e. The molecule has 1 unspecified atom stereocenters. The van der Waals surface area contributed by atoms with Crippen molar-refractivity contribution in [2.24, 2.45) is 0 Å². The summed E-state index contributed by atoms with van der Waals surface area (Å²) in [6.45, 7) is 0.0963. The molecule has 0 saturated carbocycles. The molecule has 0 aromatic rings. The van der Waals surface area contributed by atoms with Crippen LogP contribution in [0.2, 0.25) is 0 Å². The summed E-state index contributed by atoms with van der Waals surface area (Å²) in [4.78, 5) is 23.9. The summed E-state index contributed by atoms with van der Waals surface area (Å²) in [6.07, 6.45) is 1.22. The molecule has 0 bridgehead atoms. The van der Waals surface area contributed by atoms with E-state index in [-0.39, 0.29) is 42.2 Å². The summed E-state index contributed by atoms with van der Waals surface area (Å²) in [7, 11) is -3.02. The second-order valence-electron chi connectivity index (χ2n) is 4.15. The van der Waals surface area contributed by atoms with Crippen molar-refractivity contribution in [3.8, 4) is 0 Å². The largest absolute Gasteiger partial charge is 0.331 e. The van der Waals surface area contributed by atoms with Crippen LogP contribution in [0.1, 0.15) is 19.3 Å². The van der Waals surface area contributed by atoms with Crippen LogP contribution in [0.5, 0.6) is 0 Å². The van der Waals surface area contributed by atoms with Crippen molar-refractivity contribution in [2.45, 2.75) is 25.3 Å². The lowest BCUT2D eigenvalue weighted by atomic mass is 10.1. The summed E-state index contributed by atoms with van der Waals surface area (Å²) < 4.78 is 22.8. The third kappa shape index (κ3) is 2.19. The third-order valence-electron chi connectivity index (χ3n) is 2.90. The zero-order valence-corrected chi connectivity index (χ0v) is 9.12. The first-order valence-electron chi connectivity index (χ1n) is 4.99. The van der Waals surface area contributed by atoms with Gasteiger partial charge in [-0.2, -0.15) is 0 Å². The second kappa shape index (κ2) is 3.59. The fourth-order valence-electron chi connectivity index (χ4n) is 2.18. The Morgan fingerprint density at radius 1 is 1.27 bits per heavy atom. The Hall–Kier alpha value is -0.910. The highest BCUT2D eigenvalue weighted by Gasteiger charge is 2.36. The van der Waals surface area contributed by atoms with Gasteiger partial charge >= 0.3 is 0 Å². The SMILES string of the molecule is O=C1CC(=O)N(C2CCCS(=O)(=O)C2)C1. The van der Waals surface area contributed by atoms with E-state index in [0.717, 1.165) is 0 Å². The first-order chi connectivity index (χ1) is 6.98. The fourth-order valence-corrected chi connectivity index (χ4v) is 3.89. The van der Waals surface area contributed by atoms with Crippen LogP contribution in [-0.4, -0.2) is 49.1 Å². The number of Topliss-reactive ketones (excluding diaryl/α,β-unsaturated/α-hetero) is 1. The first kappa shape index (κ1) is 10.6. The van der Waals surface area contributed by atoms with Gasteiger partial charge in [-0.15, -0.1) is 0 Å². The van der Waals surface area contributed by atoms with Gasteiger partial charge in [0.15, 0.2) is 15.6 Å². The molecule has 2 aliphatic heterocycles. The quantitative estimate of drug-likeness (QED) is 0.563. The van der Waals surface area contributed by atoms with Gasteiger partial charge in [-0.05, 0) is 12.8 Å². The average molecular weight is 231 g/mol. The Kier molecular flexibility index (Phi) is 2.54. The van der Waals surface area contributed by atoms with Crippen LogP contribution in [0.4, 0.5) is 0 Å². The van der Waals surface area contributed by atoms with E-state index >= 15 is 0 Å². The fraction of sp³-hybridized carbons (Fsp3) is 0.778. The number of ketones is 1. The number of rotatable bonds is 1. The van der Waals surface area contributed by atoms with Crippen LogP contribution >= 0.6 is 0 Å². The molecule has 0 aliphatic carbocycles. The van der Waals surface area contributed by atoms with E-state index < -0.39 is 9.84 Å². The number of carbonyl (C=O) groups is 2. The summed E-state index contributed by atoms with van der Waals surface area (Å²) in [5.74, 6) is -0.101. The summed E-state index contributed by atoms with van der Waals surface area (Å²) >= 11 is 0. The van der Waals surface area contributed by atoms with Gasteiger partial charge in [-0.25, -0.2) is 8.42 Å². The monoisotopic (exact) mass is 231 g/mol. The Morgan fingerprint density at radius 3 is 2.53 bits per heavy atom. The number of hydrogen-bond donors (Lipinski definition) is 0. The van der Waals surface area contributed by atoms with Gasteiger partial charge in [0.2, 0.25) is 5.91 Å². The number of sulfone groups is 1. The molecular weight excluding hydrogens is 218 g/mol. The van der Waals surface area contributed by atoms with Crippen LogP contribution in [0.3, 0.4) is 0 Å². The van der Waals surface area contributed by atoms with Crippen molar-refractivity contribution in [3.63, 3.8) is 0 Å². The van der Waals surface area contributed by atoms with E-state index in [4.69, 9.17) is 0 Å². The Bertz CT molecular complexity index is 400. The lowest BCUT2D eigenvalue weighted by Gasteiger charge is -2.30. The molecule has 2 aliphatic rings. The number of carbonyl (C=O) groups excluding carboxylic acids is 2. The molecule has 1 atom stereocenters. The van der Waals surface area contributed by atoms with Crippen molar-refractivity contribution in [2.75, 3.05) is 18.1 Å². The van der Waals surface area contributed by atoms with E-state index in [9.17, 15) is 18.0 Å². The summed E-state index contributed by atoms with van der Waals surface area (Å²) in [5, 5.41) is 0. The minimum Gasteiger partial charge on any atom is -0.331 e. The van der Waals surface area contributed by atoms with Crippen LogP contribution in [-0.2, 0) is 19.4 Å². The zero-order valence-electron chi connectivity index (χ0n) is 8.31. The lowest BCUT2D eigenvalue weighted by molar-refractivity contribution is -0.129.